The molecule has 1 N–H and O–H groups in total. The molecule has 0 bridgehead atoms. The van der Waals surface area contributed by atoms with E-state index < -0.39 is 0 Å². The van der Waals surface area contributed by atoms with Crippen molar-refractivity contribution in [2.24, 2.45) is 0 Å². The second kappa shape index (κ2) is 4.40. The molecule has 0 aliphatic carbocycles. The van der Waals surface area contributed by atoms with Crippen LogP contribution in [0.5, 0.6) is 0 Å². The number of carbonyl (C=O) groups is 2. The van der Waals surface area contributed by atoms with Gasteiger partial charge in [0.1, 0.15) is 0 Å². The summed E-state index contributed by atoms with van der Waals surface area (Å²) in [4.78, 5) is 27.8. The average molecular weight is 234 g/mol. The Kier molecular flexibility index (Phi) is 2.96. The third-order valence-electron chi connectivity index (χ3n) is 2.09. The first kappa shape index (κ1) is 10.8. The van der Waals surface area contributed by atoms with Crippen LogP contribution >= 0.6 is 11.8 Å². The molecular formula is C11H10N2O2S. The standard InChI is InChI=1S/C11H10N2O2S/c1-2-6-13-10(14)9(16-11(13)15)7-8-4-3-5-12-8/h2-5,7,12H,1,6H2/b9-7-. The fourth-order valence-corrected chi connectivity index (χ4v) is 2.20. The van der Waals surface area contributed by atoms with E-state index in [9.17, 15) is 9.59 Å². The number of hydrogen-bond donors (Lipinski definition) is 1. The Bertz CT molecular complexity index is 462. The summed E-state index contributed by atoms with van der Waals surface area (Å²) in [6, 6.07) is 3.67. The molecule has 16 heavy (non-hydrogen) atoms. The summed E-state index contributed by atoms with van der Waals surface area (Å²) in [5.41, 5.74) is 0.809. The van der Waals surface area contributed by atoms with E-state index in [2.05, 4.69) is 11.6 Å². The molecule has 2 rings (SSSR count). The largest absolute Gasteiger partial charge is 0.362 e. The van der Waals surface area contributed by atoms with Gasteiger partial charge in [-0.15, -0.1) is 6.58 Å². The zero-order valence-corrected chi connectivity index (χ0v) is 9.29. The number of nitrogens with one attached hydrogen (secondary N) is 1. The van der Waals surface area contributed by atoms with Crippen molar-refractivity contribution < 1.29 is 9.59 Å². The fraction of sp³-hybridized carbons (Fsp3) is 0.0909. The van der Waals surface area contributed by atoms with Crippen molar-refractivity contribution in [1.82, 2.24) is 9.88 Å². The van der Waals surface area contributed by atoms with Crippen LogP contribution in [0.15, 0.2) is 35.9 Å². The Hall–Kier alpha value is -1.75. The summed E-state index contributed by atoms with van der Waals surface area (Å²) in [7, 11) is 0. The van der Waals surface area contributed by atoms with E-state index in [0.29, 0.717) is 4.91 Å². The molecule has 0 atom stereocenters. The number of hydrogen-bond acceptors (Lipinski definition) is 3. The number of thioether (sulfide) groups is 1. The average Bonchev–Trinajstić information content (AvgIpc) is 2.84. The van der Waals surface area contributed by atoms with Crippen LogP contribution in [0, 0.1) is 0 Å². The summed E-state index contributed by atoms with van der Waals surface area (Å²) in [5.74, 6) is -0.260. The van der Waals surface area contributed by atoms with Gasteiger partial charge in [0.2, 0.25) is 0 Å². The summed E-state index contributed by atoms with van der Waals surface area (Å²) < 4.78 is 0. The lowest BCUT2D eigenvalue weighted by molar-refractivity contribution is -0.122. The molecule has 1 aliphatic heterocycles. The minimum Gasteiger partial charge on any atom is -0.362 e. The molecular weight excluding hydrogens is 224 g/mol. The number of aromatic amines is 1. The number of rotatable bonds is 3. The number of carbonyl (C=O) groups excluding carboxylic acids is 2. The van der Waals surface area contributed by atoms with Crippen LogP contribution < -0.4 is 0 Å². The van der Waals surface area contributed by atoms with E-state index in [0.717, 1.165) is 17.5 Å². The van der Waals surface area contributed by atoms with Gasteiger partial charge in [0.05, 0.1) is 4.91 Å². The fourth-order valence-electron chi connectivity index (χ4n) is 1.36. The topological polar surface area (TPSA) is 53.2 Å². The minimum atomic E-state index is -0.260. The molecule has 0 unspecified atom stereocenters. The van der Waals surface area contributed by atoms with Crippen LogP contribution in [0.1, 0.15) is 5.69 Å². The van der Waals surface area contributed by atoms with Gasteiger partial charge >= 0.3 is 0 Å². The monoisotopic (exact) mass is 234 g/mol. The van der Waals surface area contributed by atoms with Crippen molar-refractivity contribution in [3.63, 3.8) is 0 Å². The molecule has 1 fully saturated rings. The molecule has 2 amide bonds. The van der Waals surface area contributed by atoms with Crippen molar-refractivity contribution in [2.75, 3.05) is 6.54 Å². The number of H-pyrrole nitrogens is 1. The Balaban J connectivity index is 2.23. The second-order valence-electron chi connectivity index (χ2n) is 3.21. The Morgan fingerprint density at radius 2 is 2.31 bits per heavy atom. The summed E-state index contributed by atoms with van der Waals surface area (Å²) in [5, 5.41) is -0.247. The van der Waals surface area contributed by atoms with Crippen LogP contribution in [0.2, 0.25) is 0 Å². The predicted octanol–water partition coefficient (Wildman–Crippen LogP) is 2.24. The molecule has 2 heterocycles. The molecule has 0 spiro atoms. The molecule has 82 valence electrons. The Morgan fingerprint density at radius 3 is 2.94 bits per heavy atom. The van der Waals surface area contributed by atoms with Gasteiger partial charge in [-0.2, -0.15) is 0 Å². The van der Waals surface area contributed by atoms with Crippen molar-refractivity contribution in [2.45, 2.75) is 0 Å². The van der Waals surface area contributed by atoms with Crippen LogP contribution in [0.25, 0.3) is 6.08 Å². The summed E-state index contributed by atoms with van der Waals surface area (Å²) in [6.07, 6.45) is 4.97. The van der Waals surface area contributed by atoms with Crippen molar-refractivity contribution >= 4 is 29.0 Å². The number of nitrogens with zero attached hydrogens (tertiary/aromatic N) is 1. The molecule has 0 saturated carbocycles. The van der Waals surface area contributed by atoms with Crippen molar-refractivity contribution in [1.29, 1.82) is 0 Å². The first-order valence-electron chi connectivity index (χ1n) is 4.72. The number of amides is 2. The molecule has 1 aromatic heterocycles. The van der Waals surface area contributed by atoms with E-state index >= 15 is 0 Å². The highest BCUT2D eigenvalue weighted by Crippen LogP contribution is 2.31. The molecule has 4 nitrogen and oxygen atoms in total. The van der Waals surface area contributed by atoms with Crippen molar-refractivity contribution in [3.8, 4) is 0 Å². The van der Waals surface area contributed by atoms with Gasteiger partial charge in [0.25, 0.3) is 11.1 Å². The molecule has 1 aromatic rings. The van der Waals surface area contributed by atoms with E-state index in [1.165, 1.54) is 11.0 Å². The minimum absolute atomic E-state index is 0.247. The van der Waals surface area contributed by atoms with Gasteiger partial charge < -0.3 is 4.98 Å². The predicted molar refractivity (Wildman–Crippen MR) is 63.7 cm³/mol. The maximum atomic E-state index is 11.8. The number of aromatic nitrogens is 1. The Labute approximate surface area is 97.0 Å². The third kappa shape index (κ3) is 1.94. The van der Waals surface area contributed by atoms with Gasteiger partial charge in [-0.25, -0.2) is 0 Å². The van der Waals surface area contributed by atoms with Crippen LogP contribution in [0.4, 0.5) is 4.79 Å². The maximum absolute atomic E-state index is 11.8. The van der Waals surface area contributed by atoms with Gasteiger partial charge in [-0.3, -0.25) is 14.5 Å². The van der Waals surface area contributed by atoms with Crippen LogP contribution in [-0.4, -0.2) is 27.6 Å². The van der Waals surface area contributed by atoms with Gasteiger partial charge in [0, 0.05) is 18.4 Å². The van der Waals surface area contributed by atoms with E-state index in [-0.39, 0.29) is 17.7 Å². The molecule has 0 radical (unpaired) electrons. The van der Waals surface area contributed by atoms with Gasteiger partial charge in [-0.05, 0) is 30.0 Å². The summed E-state index contributed by atoms with van der Waals surface area (Å²) in [6.45, 7) is 3.77. The van der Waals surface area contributed by atoms with Gasteiger partial charge in [-0.1, -0.05) is 6.08 Å². The quantitative estimate of drug-likeness (QED) is 0.644. The van der Waals surface area contributed by atoms with E-state index in [1.54, 1.807) is 12.3 Å². The van der Waals surface area contributed by atoms with Crippen molar-refractivity contribution in [3.05, 3.63) is 41.6 Å². The Morgan fingerprint density at radius 1 is 1.50 bits per heavy atom. The molecule has 5 heteroatoms. The van der Waals surface area contributed by atoms with E-state index in [4.69, 9.17) is 0 Å². The second-order valence-corrected chi connectivity index (χ2v) is 4.20. The lowest BCUT2D eigenvalue weighted by Gasteiger charge is -2.07. The normalized spacial score (nSPS) is 18.5. The first-order chi connectivity index (χ1) is 7.72. The lowest BCUT2D eigenvalue weighted by Crippen LogP contribution is -2.27. The third-order valence-corrected chi connectivity index (χ3v) is 3.00. The zero-order valence-electron chi connectivity index (χ0n) is 8.47. The molecule has 1 aliphatic rings. The highest BCUT2D eigenvalue weighted by atomic mass is 32.2. The van der Waals surface area contributed by atoms with E-state index in [1.807, 2.05) is 12.1 Å². The zero-order chi connectivity index (χ0) is 11.5. The highest BCUT2D eigenvalue weighted by molar-refractivity contribution is 8.18. The highest BCUT2D eigenvalue weighted by Gasteiger charge is 2.33. The first-order valence-corrected chi connectivity index (χ1v) is 5.53. The van der Waals surface area contributed by atoms with Crippen LogP contribution in [-0.2, 0) is 4.79 Å². The lowest BCUT2D eigenvalue weighted by atomic mass is 10.3. The SMILES string of the molecule is C=CCN1C(=O)S/C(=C\c2ccc[nH]2)C1=O. The van der Waals surface area contributed by atoms with Crippen LogP contribution in [0.3, 0.4) is 0 Å². The molecule has 1 saturated heterocycles. The smallest absolute Gasteiger partial charge is 0.293 e. The molecule has 0 aromatic carbocycles. The number of imide groups is 1. The van der Waals surface area contributed by atoms with Gasteiger partial charge in [0.15, 0.2) is 0 Å². The summed E-state index contributed by atoms with van der Waals surface area (Å²) >= 11 is 0.951. The maximum Gasteiger partial charge on any atom is 0.293 e.